The van der Waals surface area contributed by atoms with Crippen molar-refractivity contribution < 1.29 is 0 Å². The first-order valence-corrected chi connectivity index (χ1v) is 9.35. The molecular weight excluding hydrogens is 297 g/mol. The molecule has 3 rings (SSSR count). The van der Waals surface area contributed by atoms with Crippen molar-refractivity contribution in [1.82, 2.24) is 4.90 Å². The first kappa shape index (κ1) is 16.1. The molecule has 0 N–H and O–H groups in total. The number of nitrogens with zero attached hydrogens (tertiary/aromatic N) is 1. The highest BCUT2D eigenvalue weighted by atomic mass is 31.1. The molecule has 0 heterocycles. The molecule has 118 valence electrons. The van der Waals surface area contributed by atoms with Crippen molar-refractivity contribution in [3.8, 4) is 0 Å². The smallest absolute Gasteiger partial charge is 0.0142 e. The molecule has 23 heavy (non-hydrogen) atoms. The molecule has 3 aromatic carbocycles. The van der Waals surface area contributed by atoms with Crippen LogP contribution >= 0.6 is 7.92 Å². The summed E-state index contributed by atoms with van der Waals surface area (Å²) in [5.74, 6) is 0. The Kier molecular flexibility index (Phi) is 5.00. The summed E-state index contributed by atoms with van der Waals surface area (Å²) in [5.41, 5.74) is 1.44. The average molecular weight is 320 g/mol. The SMILES string of the molecule is C[C@@H](c1cc[cH-]c1P(c1ccccc1)c1ccccc1)N(C)C. The zero-order valence-corrected chi connectivity index (χ0v) is 14.9. The van der Waals surface area contributed by atoms with Gasteiger partial charge >= 0.3 is 0 Å². The lowest BCUT2D eigenvalue weighted by Gasteiger charge is -2.31. The molecule has 1 nitrogen and oxygen atoms in total. The van der Waals surface area contributed by atoms with Gasteiger partial charge in [-0.05, 0) is 38.7 Å². The molecule has 0 amide bonds. The van der Waals surface area contributed by atoms with Crippen LogP contribution in [0.5, 0.6) is 0 Å². The summed E-state index contributed by atoms with van der Waals surface area (Å²) < 4.78 is 0. The van der Waals surface area contributed by atoms with Gasteiger partial charge in [0.05, 0.1) is 0 Å². The van der Waals surface area contributed by atoms with Gasteiger partial charge in [0.15, 0.2) is 0 Å². The van der Waals surface area contributed by atoms with Gasteiger partial charge in [0.1, 0.15) is 0 Å². The lowest BCUT2D eigenvalue weighted by atomic mass is 10.1. The van der Waals surface area contributed by atoms with Crippen LogP contribution in [0.3, 0.4) is 0 Å². The summed E-state index contributed by atoms with van der Waals surface area (Å²) in [6.07, 6.45) is 0. The lowest BCUT2D eigenvalue weighted by molar-refractivity contribution is 0.323. The van der Waals surface area contributed by atoms with Crippen LogP contribution in [0.2, 0.25) is 0 Å². The van der Waals surface area contributed by atoms with E-state index in [9.17, 15) is 0 Å². The van der Waals surface area contributed by atoms with Gasteiger partial charge in [0.2, 0.25) is 0 Å². The number of hydrogen-bond donors (Lipinski definition) is 0. The van der Waals surface area contributed by atoms with Gasteiger partial charge < -0.3 is 4.90 Å². The van der Waals surface area contributed by atoms with Crippen molar-refractivity contribution in [3.63, 3.8) is 0 Å². The molecule has 0 saturated carbocycles. The van der Waals surface area contributed by atoms with Gasteiger partial charge in [-0.1, -0.05) is 67.6 Å². The number of benzene rings is 2. The van der Waals surface area contributed by atoms with E-state index in [1.807, 2.05) is 0 Å². The minimum absolute atomic E-state index is 0.414. The summed E-state index contributed by atoms with van der Waals surface area (Å²) in [4.78, 5) is 2.28. The van der Waals surface area contributed by atoms with Crippen LogP contribution in [-0.2, 0) is 0 Å². The molecule has 0 spiro atoms. The van der Waals surface area contributed by atoms with E-state index in [-0.39, 0.29) is 0 Å². The summed E-state index contributed by atoms with van der Waals surface area (Å²) in [6, 6.07) is 29.0. The average Bonchev–Trinajstić information content (AvgIpc) is 3.05. The van der Waals surface area contributed by atoms with Crippen molar-refractivity contribution in [2.75, 3.05) is 14.1 Å². The maximum absolute atomic E-state index is 2.31. The standard InChI is InChI=1S/C21H23NP/c1-17(22(2)3)20-15-10-16-21(20)23(18-11-6-4-7-12-18)19-13-8-5-9-14-19/h4-17H,1-3H3/q-1/t17-/m0/s1. The van der Waals surface area contributed by atoms with Crippen molar-refractivity contribution in [2.45, 2.75) is 13.0 Å². The van der Waals surface area contributed by atoms with Gasteiger partial charge in [-0.25, -0.2) is 6.07 Å². The Labute approximate surface area is 140 Å². The highest BCUT2D eigenvalue weighted by Crippen LogP contribution is 2.36. The molecule has 0 aromatic heterocycles. The van der Waals surface area contributed by atoms with E-state index in [4.69, 9.17) is 0 Å². The molecular formula is C21H23NP-. The van der Waals surface area contributed by atoms with Crippen molar-refractivity contribution in [3.05, 3.63) is 84.4 Å². The van der Waals surface area contributed by atoms with Crippen molar-refractivity contribution >= 4 is 23.8 Å². The first-order chi connectivity index (χ1) is 11.2. The second-order valence-corrected chi connectivity index (χ2v) is 8.20. The second-order valence-electron chi connectivity index (χ2n) is 6.01. The Hall–Kier alpha value is -1.82. The number of hydrogen-bond acceptors (Lipinski definition) is 1. The third-order valence-electron chi connectivity index (χ3n) is 4.32. The molecule has 0 aliphatic rings. The zero-order chi connectivity index (χ0) is 16.2. The zero-order valence-electron chi connectivity index (χ0n) is 14.0. The van der Waals surface area contributed by atoms with E-state index in [1.54, 1.807) is 0 Å². The predicted molar refractivity (Wildman–Crippen MR) is 103 cm³/mol. The molecule has 3 aromatic rings. The van der Waals surface area contributed by atoms with E-state index in [2.05, 4.69) is 105 Å². The molecule has 0 aliphatic carbocycles. The van der Waals surface area contributed by atoms with Gasteiger partial charge in [-0.3, -0.25) is 0 Å². The predicted octanol–water partition coefficient (Wildman–Crippen LogP) is 3.79. The fraction of sp³-hybridized carbons (Fsp3) is 0.190. The van der Waals surface area contributed by atoms with Crippen LogP contribution in [0.15, 0.2) is 78.9 Å². The third-order valence-corrected chi connectivity index (χ3v) is 6.84. The van der Waals surface area contributed by atoms with Gasteiger partial charge in [-0.2, -0.15) is 17.7 Å². The molecule has 0 bridgehead atoms. The van der Waals surface area contributed by atoms with Crippen LogP contribution in [0.1, 0.15) is 18.5 Å². The highest BCUT2D eigenvalue weighted by molar-refractivity contribution is 7.79. The highest BCUT2D eigenvalue weighted by Gasteiger charge is 2.17. The maximum Gasteiger partial charge on any atom is -0.0142 e. The topological polar surface area (TPSA) is 3.24 Å². The quantitative estimate of drug-likeness (QED) is 0.511. The fourth-order valence-corrected chi connectivity index (χ4v) is 5.39. The Morgan fingerprint density at radius 1 is 0.826 bits per heavy atom. The van der Waals surface area contributed by atoms with Crippen LogP contribution in [-0.4, -0.2) is 19.0 Å². The van der Waals surface area contributed by atoms with E-state index < -0.39 is 7.92 Å². The van der Waals surface area contributed by atoms with E-state index in [0.717, 1.165) is 0 Å². The van der Waals surface area contributed by atoms with E-state index >= 15 is 0 Å². The Balaban J connectivity index is 2.13. The van der Waals surface area contributed by atoms with Crippen LogP contribution in [0, 0.1) is 0 Å². The van der Waals surface area contributed by atoms with Crippen molar-refractivity contribution in [1.29, 1.82) is 0 Å². The Morgan fingerprint density at radius 3 is 1.83 bits per heavy atom. The Bertz CT molecular complexity index is 691. The van der Waals surface area contributed by atoms with Gasteiger partial charge in [0, 0.05) is 0 Å². The third kappa shape index (κ3) is 3.42. The fourth-order valence-electron chi connectivity index (χ4n) is 2.84. The molecule has 1 atom stereocenters. The molecule has 0 fully saturated rings. The van der Waals surface area contributed by atoms with Gasteiger partial charge in [0.25, 0.3) is 0 Å². The second kappa shape index (κ2) is 7.17. The molecule has 0 saturated heterocycles. The molecule has 0 radical (unpaired) electrons. The minimum atomic E-state index is -0.514. The summed E-state index contributed by atoms with van der Waals surface area (Å²) in [5, 5.41) is 4.29. The largest absolute Gasteiger partial charge is 0.315 e. The maximum atomic E-state index is 2.31. The monoisotopic (exact) mass is 320 g/mol. The summed E-state index contributed by atoms with van der Waals surface area (Å²) >= 11 is 0. The van der Waals surface area contributed by atoms with E-state index in [0.29, 0.717) is 6.04 Å². The van der Waals surface area contributed by atoms with Crippen LogP contribution in [0.4, 0.5) is 0 Å². The van der Waals surface area contributed by atoms with Crippen molar-refractivity contribution in [2.24, 2.45) is 0 Å². The van der Waals surface area contributed by atoms with Gasteiger partial charge in [-0.15, -0.1) is 5.30 Å². The number of rotatable bonds is 5. The first-order valence-electron chi connectivity index (χ1n) is 8.00. The van der Waals surface area contributed by atoms with Crippen LogP contribution < -0.4 is 15.9 Å². The van der Waals surface area contributed by atoms with Crippen LogP contribution in [0.25, 0.3) is 0 Å². The summed E-state index contributed by atoms with van der Waals surface area (Å²) in [6.45, 7) is 2.28. The molecule has 2 heteroatoms. The lowest BCUT2D eigenvalue weighted by Crippen LogP contribution is -2.26. The molecule has 0 aliphatic heterocycles. The summed E-state index contributed by atoms with van der Waals surface area (Å²) in [7, 11) is 3.78. The molecule has 0 unspecified atom stereocenters. The Morgan fingerprint density at radius 2 is 1.35 bits per heavy atom. The minimum Gasteiger partial charge on any atom is -0.315 e. The normalized spacial score (nSPS) is 12.7. The van der Waals surface area contributed by atoms with E-state index in [1.165, 1.54) is 21.5 Å².